The Hall–Kier alpha value is -3.48. The van der Waals surface area contributed by atoms with Gasteiger partial charge in [0.25, 0.3) is 0 Å². The minimum Gasteiger partial charge on any atom is -0.475 e. The molecule has 2 aromatic carbocycles. The molecule has 186 valence electrons. The average Bonchev–Trinajstić information content (AvgIpc) is 2.79. The number of carbonyl (C=O) groups excluding carboxylic acids is 1. The van der Waals surface area contributed by atoms with Crippen molar-refractivity contribution < 1.29 is 32.3 Å². The van der Waals surface area contributed by atoms with E-state index in [-0.39, 0.29) is 27.5 Å². The molecular weight excluding hydrogens is 517 g/mol. The van der Waals surface area contributed by atoms with Crippen molar-refractivity contribution in [1.82, 2.24) is 15.3 Å². The molecule has 0 unspecified atom stereocenters. The van der Waals surface area contributed by atoms with Crippen LogP contribution < -0.4 is 16.0 Å². The fourth-order valence-corrected chi connectivity index (χ4v) is 2.96. The van der Waals surface area contributed by atoms with Gasteiger partial charge in [-0.2, -0.15) is 13.2 Å². The predicted molar refractivity (Wildman–Crippen MR) is 125 cm³/mol. The van der Waals surface area contributed by atoms with Gasteiger partial charge in [0.1, 0.15) is 12.1 Å². The monoisotopic (exact) mass is 533 g/mol. The number of likely N-dealkylation sites (N-methyl/N-ethyl adjacent to an activating group) is 1. The number of benzene rings is 2. The number of hydrogen-bond acceptors (Lipinski definition) is 6. The summed E-state index contributed by atoms with van der Waals surface area (Å²) in [5.74, 6) is -3.40. The zero-order valence-corrected chi connectivity index (χ0v) is 19.3. The highest BCUT2D eigenvalue weighted by atomic mass is 35.5. The molecule has 0 aliphatic rings. The van der Waals surface area contributed by atoms with Gasteiger partial charge < -0.3 is 21.1 Å². The third kappa shape index (κ3) is 7.77. The number of nitrogens with zero attached hydrogens (tertiary/aromatic N) is 2. The molecular formula is C21H17Cl2F4N5O3. The van der Waals surface area contributed by atoms with Crippen LogP contribution in [0.3, 0.4) is 0 Å². The predicted octanol–water partition coefficient (Wildman–Crippen LogP) is 5.17. The number of nitrogens with one attached hydrogen (secondary N) is 3. The van der Waals surface area contributed by atoms with E-state index in [1.165, 1.54) is 24.5 Å². The second kappa shape index (κ2) is 12.3. The number of carbonyl (C=O) groups is 2. The minimum absolute atomic E-state index is 0.0178. The van der Waals surface area contributed by atoms with Crippen LogP contribution in [0, 0.1) is 5.82 Å². The Morgan fingerprint density at radius 3 is 2.43 bits per heavy atom. The lowest BCUT2D eigenvalue weighted by Gasteiger charge is -2.13. The lowest BCUT2D eigenvalue weighted by atomic mass is 10.2. The van der Waals surface area contributed by atoms with Crippen molar-refractivity contribution in [2.24, 2.45) is 0 Å². The number of amides is 1. The van der Waals surface area contributed by atoms with E-state index >= 15 is 0 Å². The topological polar surface area (TPSA) is 116 Å². The van der Waals surface area contributed by atoms with Crippen LogP contribution in [-0.2, 0) is 9.59 Å². The van der Waals surface area contributed by atoms with Crippen molar-refractivity contribution in [2.45, 2.75) is 6.18 Å². The smallest absolute Gasteiger partial charge is 0.475 e. The average molecular weight is 534 g/mol. The molecule has 1 amide bonds. The molecule has 14 heteroatoms. The van der Waals surface area contributed by atoms with Gasteiger partial charge in [-0.05, 0) is 31.3 Å². The first-order valence-electron chi connectivity index (χ1n) is 9.52. The summed E-state index contributed by atoms with van der Waals surface area (Å²) in [6.45, 7) is 0.561. The maximum atomic E-state index is 14.2. The Morgan fingerprint density at radius 2 is 1.80 bits per heavy atom. The van der Waals surface area contributed by atoms with E-state index in [2.05, 4.69) is 25.9 Å². The van der Waals surface area contributed by atoms with E-state index in [4.69, 9.17) is 33.1 Å². The highest BCUT2D eigenvalue weighted by molar-refractivity contribution is 6.39. The molecule has 0 spiro atoms. The summed E-state index contributed by atoms with van der Waals surface area (Å²) in [5, 5.41) is 16.3. The van der Waals surface area contributed by atoms with Crippen LogP contribution in [0.25, 0.3) is 10.9 Å². The Labute approximate surface area is 206 Å². The highest BCUT2D eigenvalue weighted by Gasteiger charge is 2.38. The highest BCUT2D eigenvalue weighted by Crippen LogP contribution is 2.36. The van der Waals surface area contributed by atoms with Crippen LogP contribution in [0.5, 0.6) is 0 Å². The number of aliphatic carboxylic acids is 1. The van der Waals surface area contributed by atoms with Crippen LogP contribution >= 0.6 is 23.2 Å². The maximum absolute atomic E-state index is 14.2. The van der Waals surface area contributed by atoms with E-state index in [1.54, 1.807) is 31.3 Å². The lowest BCUT2D eigenvalue weighted by molar-refractivity contribution is -0.192. The third-order valence-electron chi connectivity index (χ3n) is 4.04. The Bertz CT molecular complexity index is 1260. The molecule has 1 aromatic heterocycles. The minimum atomic E-state index is -5.08. The van der Waals surface area contributed by atoms with E-state index in [9.17, 15) is 22.4 Å². The third-order valence-corrected chi connectivity index (χ3v) is 4.72. The van der Waals surface area contributed by atoms with Gasteiger partial charge in [-0.3, -0.25) is 4.79 Å². The van der Waals surface area contributed by atoms with Gasteiger partial charge in [0.2, 0.25) is 5.91 Å². The summed E-state index contributed by atoms with van der Waals surface area (Å²) < 4.78 is 46.0. The standard InChI is InChI=1S/C19H16Cl2FN5O.C2HF3O2/c1-23-9-3-6-15(28)26-13-8-7-12-16(17(13)21)19(25-10-24-12)27-14-5-2-4-11(20)18(14)22;3-2(4,5)1(6)7/h2-8,10,23H,9H2,1H3,(H,26,28)(H,24,25,27);(H,6,7)/b6-3+;. The van der Waals surface area contributed by atoms with Gasteiger partial charge >= 0.3 is 12.1 Å². The Morgan fingerprint density at radius 1 is 1.11 bits per heavy atom. The van der Waals surface area contributed by atoms with E-state index in [0.29, 0.717) is 23.1 Å². The molecule has 0 atom stereocenters. The number of alkyl halides is 3. The molecule has 0 fully saturated rings. The van der Waals surface area contributed by atoms with Crippen LogP contribution in [-0.4, -0.2) is 46.7 Å². The molecule has 0 aliphatic heterocycles. The van der Waals surface area contributed by atoms with Gasteiger partial charge in [0.15, 0.2) is 5.82 Å². The Kier molecular flexibility index (Phi) is 9.75. The van der Waals surface area contributed by atoms with Crippen LogP contribution in [0.2, 0.25) is 10.0 Å². The summed E-state index contributed by atoms with van der Waals surface area (Å²) in [6, 6.07) is 7.92. The molecule has 0 saturated heterocycles. The van der Waals surface area contributed by atoms with Gasteiger partial charge in [-0.25, -0.2) is 19.2 Å². The van der Waals surface area contributed by atoms with Crippen molar-refractivity contribution >= 4 is 63.2 Å². The molecule has 8 nitrogen and oxygen atoms in total. The van der Waals surface area contributed by atoms with Crippen molar-refractivity contribution in [3.05, 3.63) is 64.7 Å². The van der Waals surface area contributed by atoms with Crippen molar-refractivity contribution in [3.63, 3.8) is 0 Å². The number of carboxylic acid groups (broad SMARTS) is 1. The van der Waals surface area contributed by atoms with E-state index < -0.39 is 18.0 Å². The Balaban J connectivity index is 0.000000540. The molecule has 0 radical (unpaired) electrons. The summed E-state index contributed by atoms with van der Waals surface area (Å²) in [6.07, 6.45) is -0.663. The van der Waals surface area contributed by atoms with Gasteiger partial charge in [0.05, 0.1) is 32.3 Å². The first kappa shape index (κ1) is 27.8. The number of aromatic nitrogens is 2. The molecule has 0 saturated carbocycles. The molecule has 0 aliphatic carbocycles. The van der Waals surface area contributed by atoms with Crippen molar-refractivity contribution in [2.75, 3.05) is 24.2 Å². The molecule has 3 aromatic rings. The summed E-state index contributed by atoms with van der Waals surface area (Å²) in [5.41, 5.74) is 1.07. The fourth-order valence-electron chi connectivity index (χ4n) is 2.49. The van der Waals surface area contributed by atoms with Gasteiger partial charge in [0, 0.05) is 12.6 Å². The van der Waals surface area contributed by atoms with Crippen LogP contribution in [0.1, 0.15) is 0 Å². The summed E-state index contributed by atoms with van der Waals surface area (Å²) in [4.78, 5) is 29.3. The van der Waals surface area contributed by atoms with Crippen molar-refractivity contribution in [3.8, 4) is 0 Å². The number of hydrogen-bond donors (Lipinski definition) is 4. The second-order valence-electron chi connectivity index (χ2n) is 6.52. The largest absolute Gasteiger partial charge is 0.490 e. The number of fused-ring (bicyclic) bond motifs is 1. The SMILES string of the molecule is CNC/C=C/C(=O)Nc1ccc2ncnc(Nc3cccc(Cl)c3F)c2c1Cl.O=C(O)C(F)(F)F. The van der Waals surface area contributed by atoms with Crippen molar-refractivity contribution in [1.29, 1.82) is 0 Å². The quantitative estimate of drug-likeness (QED) is 0.255. The van der Waals surface area contributed by atoms with E-state index in [1.807, 2.05) is 0 Å². The lowest BCUT2D eigenvalue weighted by Crippen LogP contribution is -2.21. The number of halogens is 6. The van der Waals surface area contributed by atoms with Gasteiger partial charge in [-0.1, -0.05) is 35.3 Å². The van der Waals surface area contributed by atoms with Crippen LogP contribution in [0.15, 0.2) is 48.8 Å². The van der Waals surface area contributed by atoms with Crippen LogP contribution in [0.4, 0.5) is 34.8 Å². The zero-order valence-electron chi connectivity index (χ0n) is 17.8. The number of carboxylic acids is 1. The number of anilines is 3. The molecule has 3 rings (SSSR count). The molecule has 1 heterocycles. The first-order valence-corrected chi connectivity index (χ1v) is 10.3. The van der Waals surface area contributed by atoms with Gasteiger partial charge in [-0.15, -0.1) is 0 Å². The second-order valence-corrected chi connectivity index (χ2v) is 7.31. The summed E-state index contributed by atoms with van der Waals surface area (Å²) >= 11 is 12.3. The molecule has 0 bridgehead atoms. The molecule has 4 N–H and O–H groups in total. The zero-order chi connectivity index (χ0) is 26.2. The first-order chi connectivity index (χ1) is 16.5. The fraction of sp³-hybridized carbons (Fsp3) is 0.143. The number of rotatable bonds is 6. The van der Waals surface area contributed by atoms with E-state index in [0.717, 1.165) is 0 Å². The molecule has 35 heavy (non-hydrogen) atoms. The maximum Gasteiger partial charge on any atom is 0.490 e. The normalized spacial score (nSPS) is 11.2. The summed E-state index contributed by atoms with van der Waals surface area (Å²) in [7, 11) is 1.78.